The molecule has 1 aromatic rings. The Morgan fingerprint density at radius 3 is 2.81 bits per heavy atom. The van der Waals surface area contributed by atoms with E-state index in [2.05, 4.69) is 10.5 Å². The molecule has 114 valence electrons. The molecule has 0 unspecified atom stereocenters. The third-order valence-electron chi connectivity index (χ3n) is 3.16. The molecule has 1 aliphatic heterocycles. The van der Waals surface area contributed by atoms with Gasteiger partial charge in [0.1, 0.15) is 11.6 Å². The van der Waals surface area contributed by atoms with Crippen molar-refractivity contribution in [1.82, 2.24) is 5.43 Å². The highest BCUT2D eigenvalue weighted by atomic mass is 32.2. The molecule has 8 heteroatoms. The summed E-state index contributed by atoms with van der Waals surface area (Å²) in [5.74, 6) is -2.00. The quantitative estimate of drug-likeness (QED) is 0.671. The molecule has 0 bridgehead atoms. The average molecular weight is 316 g/mol. The number of hydrazone groups is 1. The van der Waals surface area contributed by atoms with Crippen LogP contribution in [0.1, 0.15) is 18.4 Å². The third kappa shape index (κ3) is 4.59. The van der Waals surface area contributed by atoms with Gasteiger partial charge in [0.05, 0.1) is 17.7 Å². The van der Waals surface area contributed by atoms with Gasteiger partial charge in [-0.1, -0.05) is 0 Å². The molecule has 5 nitrogen and oxygen atoms in total. The summed E-state index contributed by atoms with van der Waals surface area (Å²) in [6.07, 6.45) is 1.59. The van der Waals surface area contributed by atoms with Crippen molar-refractivity contribution in [3.63, 3.8) is 0 Å². The van der Waals surface area contributed by atoms with E-state index < -0.39 is 27.4 Å². The number of nitrogens with one attached hydrogen (secondary N) is 1. The van der Waals surface area contributed by atoms with Crippen molar-refractivity contribution in [1.29, 1.82) is 0 Å². The molecule has 1 heterocycles. The minimum atomic E-state index is -3.02. The second kappa shape index (κ2) is 6.30. The van der Waals surface area contributed by atoms with E-state index in [1.807, 2.05) is 0 Å². The highest BCUT2D eigenvalue weighted by Crippen LogP contribution is 2.21. The number of hydrogen-bond donors (Lipinski definition) is 1. The predicted molar refractivity (Wildman–Crippen MR) is 73.5 cm³/mol. The standard InChI is InChI=1S/C13H14F2N2O3S/c14-11-2-1-10(12(15)6-11)7-16-17-13(18)5-9-3-4-21(19,20)8-9/h1-2,6-7,9H,3-5,8H2,(H,17,18)/b16-7-/t9-/m0/s1. The lowest BCUT2D eigenvalue weighted by molar-refractivity contribution is -0.121. The van der Waals surface area contributed by atoms with Crippen LogP contribution in [-0.4, -0.2) is 32.0 Å². The predicted octanol–water partition coefficient (Wildman–Crippen LogP) is 1.24. The van der Waals surface area contributed by atoms with E-state index in [0.717, 1.165) is 12.3 Å². The Bertz CT molecular complexity index is 674. The molecule has 21 heavy (non-hydrogen) atoms. The first-order valence-corrected chi connectivity index (χ1v) is 8.15. The fraction of sp³-hybridized carbons (Fsp3) is 0.385. The first-order chi connectivity index (χ1) is 9.85. The maximum Gasteiger partial charge on any atom is 0.240 e. The minimum Gasteiger partial charge on any atom is -0.273 e. The first-order valence-electron chi connectivity index (χ1n) is 6.33. The number of benzene rings is 1. The lowest BCUT2D eigenvalue weighted by Gasteiger charge is -2.05. The van der Waals surface area contributed by atoms with Crippen molar-refractivity contribution in [3.8, 4) is 0 Å². The summed E-state index contributed by atoms with van der Waals surface area (Å²) in [6.45, 7) is 0. The monoisotopic (exact) mass is 316 g/mol. The molecule has 0 aromatic heterocycles. The molecule has 1 aromatic carbocycles. The van der Waals surface area contributed by atoms with E-state index >= 15 is 0 Å². The van der Waals surface area contributed by atoms with Crippen LogP contribution >= 0.6 is 0 Å². The number of carbonyl (C=O) groups excluding carboxylic acids is 1. The van der Waals surface area contributed by atoms with Crippen molar-refractivity contribution in [3.05, 3.63) is 35.4 Å². The van der Waals surface area contributed by atoms with Gasteiger partial charge in [-0.15, -0.1) is 0 Å². The van der Waals surface area contributed by atoms with Crippen LogP contribution in [0, 0.1) is 17.6 Å². The maximum atomic E-state index is 13.3. The topological polar surface area (TPSA) is 75.6 Å². The Hall–Kier alpha value is -1.83. The van der Waals surface area contributed by atoms with E-state index in [-0.39, 0.29) is 29.4 Å². The molecule has 1 amide bonds. The lowest BCUT2D eigenvalue weighted by atomic mass is 10.1. The molecular weight excluding hydrogens is 302 g/mol. The van der Waals surface area contributed by atoms with Crippen molar-refractivity contribution in [2.24, 2.45) is 11.0 Å². The fourth-order valence-electron chi connectivity index (χ4n) is 2.12. The van der Waals surface area contributed by atoms with Gasteiger partial charge in [0.2, 0.25) is 5.91 Å². The number of sulfone groups is 1. The van der Waals surface area contributed by atoms with E-state index in [1.165, 1.54) is 6.07 Å². The lowest BCUT2D eigenvalue weighted by Crippen LogP contribution is -2.21. The average Bonchev–Trinajstić information content (AvgIpc) is 2.71. The smallest absolute Gasteiger partial charge is 0.240 e. The Morgan fingerprint density at radius 2 is 2.19 bits per heavy atom. The molecule has 1 saturated heterocycles. The SMILES string of the molecule is O=C(C[C@@H]1CCS(=O)(=O)C1)N/N=C\c1ccc(F)cc1F. The van der Waals surface area contributed by atoms with Crippen molar-refractivity contribution in [2.45, 2.75) is 12.8 Å². The molecule has 2 rings (SSSR count). The third-order valence-corrected chi connectivity index (χ3v) is 4.99. The molecule has 0 saturated carbocycles. The first kappa shape index (κ1) is 15.6. The van der Waals surface area contributed by atoms with Gasteiger partial charge in [-0.2, -0.15) is 5.10 Å². The Labute approximate surface area is 121 Å². The van der Waals surface area contributed by atoms with E-state index in [1.54, 1.807) is 0 Å². The Balaban J connectivity index is 1.85. The molecule has 1 N–H and O–H groups in total. The van der Waals surface area contributed by atoms with E-state index in [9.17, 15) is 22.0 Å². The number of nitrogens with zero attached hydrogens (tertiary/aromatic N) is 1. The van der Waals surface area contributed by atoms with Crippen LogP contribution in [0.25, 0.3) is 0 Å². The zero-order chi connectivity index (χ0) is 15.5. The molecule has 0 aliphatic carbocycles. The van der Waals surface area contributed by atoms with Gasteiger partial charge in [0.25, 0.3) is 0 Å². The van der Waals surface area contributed by atoms with Crippen molar-refractivity contribution in [2.75, 3.05) is 11.5 Å². The van der Waals surface area contributed by atoms with E-state index in [0.29, 0.717) is 12.5 Å². The zero-order valence-corrected chi connectivity index (χ0v) is 11.9. The van der Waals surface area contributed by atoms with Crippen molar-refractivity contribution < 1.29 is 22.0 Å². The molecule has 0 spiro atoms. The van der Waals surface area contributed by atoms with Gasteiger partial charge in [0.15, 0.2) is 9.84 Å². The summed E-state index contributed by atoms with van der Waals surface area (Å²) >= 11 is 0. The van der Waals surface area contributed by atoms with Gasteiger partial charge in [-0.05, 0) is 24.5 Å². The molecule has 1 atom stereocenters. The number of amides is 1. The van der Waals surface area contributed by atoms with Gasteiger partial charge in [0, 0.05) is 18.1 Å². The molecular formula is C13H14F2N2O3S. The Kier molecular flexibility index (Phi) is 4.66. The van der Waals surface area contributed by atoms with Gasteiger partial charge < -0.3 is 0 Å². The van der Waals surface area contributed by atoms with E-state index in [4.69, 9.17) is 0 Å². The summed E-state index contributed by atoms with van der Waals surface area (Å²) in [5.41, 5.74) is 2.24. The summed E-state index contributed by atoms with van der Waals surface area (Å²) in [5, 5.41) is 3.57. The van der Waals surface area contributed by atoms with Crippen LogP contribution in [0.4, 0.5) is 8.78 Å². The Morgan fingerprint density at radius 1 is 1.43 bits per heavy atom. The largest absolute Gasteiger partial charge is 0.273 e. The maximum absolute atomic E-state index is 13.3. The highest BCUT2D eigenvalue weighted by Gasteiger charge is 2.29. The highest BCUT2D eigenvalue weighted by molar-refractivity contribution is 7.91. The van der Waals surface area contributed by atoms with Crippen LogP contribution < -0.4 is 5.43 Å². The molecule has 0 radical (unpaired) electrons. The van der Waals surface area contributed by atoms with Crippen LogP contribution in [0.3, 0.4) is 0 Å². The minimum absolute atomic E-state index is 0.0106. The zero-order valence-electron chi connectivity index (χ0n) is 11.1. The molecule has 1 fully saturated rings. The van der Waals surface area contributed by atoms with Gasteiger partial charge in [-0.3, -0.25) is 4.79 Å². The summed E-state index contributed by atoms with van der Waals surface area (Å²) in [7, 11) is -3.02. The van der Waals surface area contributed by atoms with Crippen LogP contribution in [0.5, 0.6) is 0 Å². The number of hydrogen-bond acceptors (Lipinski definition) is 4. The summed E-state index contributed by atoms with van der Waals surface area (Å²) in [6, 6.07) is 2.99. The normalized spacial score (nSPS) is 20.8. The van der Waals surface area contributed by atoms with Crippen LogP contribution in [0.2, 0.25) is 0 Å². The number of carbonyl (C=O) groups is 1. The van der Waals surface area contributed by atoms with Crippen LogP contribution in [-0.2, 0) is 14.6 Å². The van der Waals surface area contributed by atoms with Crippen LogP contribution in [0.15, 0.2) is 23.3 Å². The van der Waals surface area contributed by atoms with Gasteiger partial charge in [-0.25, -0.2) is 22.6 Å². The number of rotatable bonds is 4. The summed E-state index contributed by atoms with van der Waals surface area (Å²) in [4.78, 5) is 11.6. The fourth-order valence-corrected chi connectivity index (χ4v) is 3.98. The van der Waals surface area contributed by atoms with Gasteiger partial charge >= 0.3 is 0 Å². The summed E-state index contributed by atoms with van der Waals surface area (Å²) < 4.78 is 48.5. The number of halogens is 2. The molecule has 1 aliphatic rings. The van der Waals surface area contributed by atoms with Crippen molar-refractivity contribution >= 4 is 22.0 Å². The second-order valence-corrected chi connectivity index (χ2v) is 7.16. The second-order valence-electron chi connectivity index (χ2n) is 4.93.